The van der Waals surface area contributed by atoms with E-state index >= 15 is 0 Å². The molecule has 2 atom stereocenters. The molecule has 114 valence electrons. The number of carbonyl (C=O) groups is 1. The molecule has 1 N–H and O–H groups in total. The first-order valence-electron chi connectivity index (χ1n) is 7.12. The zero-order chi connectivity index (χ0) is 15.7. The number of hydrogen-bond acceptors (Lipinski definition) is 4. The smallest absolute Gasteiger partial charge is 0.272 e. The first-order valence-corrected chi connectivity index (χ1v) is 7.12. The third-order valence-corrected chi connectivity index (χ3v) is 3.68. The van der Waals surface area contributed by atoms with Crippen molar-refractivity contribution in [3.63, 3.8) is 0 Å². The molecular formula is C15H21N3O3. The van der Waals surface area contributed by atoms with Crippen LogP contribution in [0, 0.1) is 23.0 Å². The van der Waals surface area contributed by atoms with E-state index in [0.717, 1.165) is 5.56 Å². The van der Waals surface area contributed by atoms with E-state index in [9.17, 15) is 14.9 Å². The molecule has 1 aromatic carbocycles. The number of amides is 1. The molecule has 1 aromatic rings. The summed E-state index contributed by atoms with van der Waals surface area (Å²) in [5.41, 5.74) is 1.47. The van der Waals surface area contributed by atoms with Crippen LogP contribution in [0.4, 0.5) is 5.69 Å². The van der Waals surface area contributed by atoms with Gasteiger partial charge in [-0.1, -0.05) is 26.0 Å². The molecule has 0 radical (unpaired) electrons. The van der Waals surface area contributed by atoms with Crippen LogP contribution < -0.4 is 5.32 Å². The Morgan fingerprint density at radius 3 is 2.67 bits per heavy atom. The Morgan fingerprint density at radius 2 is 2.10 bits per heavy atom. The van der Waals surface area contributed by atoms with Gasteiger partial charge in [0.1, 0.15) is 6.17 Å². The van der Waals surface area contributed by atoms with Crippen LogP contribution in [0.1, 0.15) is 38.1 Å². The van der Waals surface area contributed by atoms with E-state index < -0.39 is 0 Å². The molecule has 6 heteroatoms. The fourth-order valence-corrected chi connectivity index (χ4v) is 2.63. The third kappa shape index (κ3) is 3.05. The third-order valence-electron chi connectivity index (χ3n) is 3.68. The predicted octanol–water partition coefficient (Wildman–Crippen LogP) is 2.38. The van der Waals surface area contributed by atoms with Crippen LogP contribution in [-0.4, -0.2) is 28.3 Å². The molecule has 1 heterocycles. The van der Waals surface area contributed by atoms with Gasteiger partial charge in [0.25, 0.3) is 5.69 Å². The highest BCUT2D eigenvalue weighted by Gasteiger charge is 2.37. The van der Waals surface area contributed by atoms with Crippen LogP contribution in [0.3, 0.4) is 0 Å². The van der Waals surface area contributed by atoms with Crippen LogP contribution >= 0.6 is 0 Å². The lowest BCUT2D eigenvalue weighted by molar-refractivity contribution is -0.385. The Hall–Kier alpha value is -1.95. The Labute approximate surface area is 124 Å². The summed E-state index contributed by atoms with van der Waals surface area (Å²) in [6.45, 7) is 8.25. The van der Waals surface area contributed by atoms with E-state index in [4.69, 9.17) is 0 Å². The Morgan fingerprint density at radius 1 is 1.43 bits per heavy atom. The maximum atomic E-state index is 12.2. The van der Waals surface area contributed by atoms with Gasteiger partial charge in [0.2, 0.25) is 5.91 Å². The molecule has 1 aliphatic heterocycles. The maximum absolute atomic E-state index is 12.2. The van der Waals surface area contributed by atoms with Crippen LogP contribution in [0.5, 0.6) is 0 Å². The summed E-state index contributed by atoms with van der Waals surface area (Å²) < 4.78 is 0. The summed E-state index contributed by atoms with van der Waals surface area (Å²) >= 11 is 0. The number of nitro groups is 1. The minimum absolute atomic E-state index is 0.0388. The van der Waals surface area contributed by atoms with Gasteiger partial charge >= 0.3 is 0 Å². The number of nitrogens with one attached hydrogen (secondary N) is 1. The van der Waals surface area contributed by atoms with Crippen molar-refractivity contribution in [3.05, 3.63) is 39.4 Å². The number of nitrogens with zero attached hydrogens (tertiary/aromatic N) is 2. The van der Waals surface area contributed by atoms with E-state index in [1.165, 1.54) is 0 Å². The molecule has 0 aliphatic carbocycles. The molecule has 2 rings (SSSR count). The molecule has 1 saturated heterocycles. The van der Waals surface area contributed by atoms with Gasteiger partial charge in [-0.3, -0.25) is 20.2 Å². The molecule has 6 nitrogen and oxygen atoms in total. The minimum Gasteiger partial charge on any atom is -0.321 e. The monoisotopic (exact) mass is 291 g/mol. The van der Waals surface area contributed by atoms with Crippen LogP contribution in [-0.2, 0) is 4.79 Å². The number of benzene rings is 1. The van der Waals surface area contributed by atoms with Crippen molar-refractivity contribution in [2.45, 2.75) is 39.9 Å². The number of rotatable bonds is 4. The lowest BCUT2D eigenvalue weighted by Gasteiger charge is -2.26. The van der Waals surface area contributed by atoms with E-state index in [-0.39, 0.29) is 28.7 Å². The number of hydrogen-bond donors (Lipinski definition) is 1. The molecule has 0 aromatic heterocycles. The Balaban J connectivity index is 2.37. The summed E-state index contributed by atoms with van der Waals surface area (Å²) in [6.07, 6.45) is -0.297. The lowest BCUT2D eigenvalue weighted by atomic mass is 10.1. The number of aryl methyl sites for hydroxylation is 1. The van der Waals surface area contributed by atoms with Gasteiger partial charge in [-0.2, -0.15) is 0 Å². The van der Waals surface area contributed by atoms with Crippen molar-refractivity contribution in [1.29, 1.82) is 0 Å². The summed E-state index contributed by atoms with van der Waals surface area (Å²) in [5, 5.41) is 14.3. The molecule has 0 bridgehead atoms. The van der Waals surface area contributed by atoms with Crippen LogP contribution in [0.15, 0.2) is 18.2 Å². The Bertz CT molecular complexity index is 571. The van der Waals surface area contributed by atoms with Crippen molar-refractivity contribution in [2.75, 3.05) is 6.54 Å². The van der Waals surface area contributed by atoms with Crippen molar-refractivity contribution in [2.24, 2.45) is 5.92 Å². The summed E-state index contributed by atoms with van der Waals surface area (Å²) in [4.78, 5) is 24.7. The normalized spacial score (nSPS) is 22.1. The van der Waals surface area contributed by atoms with Crippen molar-refractivity contribution < 1.29 is 9.72 Å². The SMILES string of the molecule is Cc1ccc(C2NC(C)C(=O)N2CC(C)C)cc1[N+](=O)[O-]. The van der Waals surface area contributed by atoms with Gasteiger partial charge < -0.3 is 4.90 Å². The molecular weight excluding hydrogens is 270 g/mol. The van der Waals surface area contributed by atoms with Gasteiger partial charge in [-0.05, 0) is 25.3 Å². The first-order chi connectivity index (χ1) is 9.81. The topological polar surface area (TPSA) is 75.5 Å². The predicted molar refractivity (Wildman–Crippen MR) is 79.7 cm³/mol. The average Bonchev–Trinajstić information content (AvgIpc) is 2.67. The van der Waals surface area contributed by atoms with Crippen molar-refractivity contribution >= 4 is 11.6 Å². The second kappa shape index (κ2) is 5.81. The molecule has 1 amide bonds. The fraction of sp³-hybridized carbons (Fsp3) is 0.533. The van der Waals surface area contributed by atoms with E-state index in [0.29, 0.717) is 18.0 Å². The standard InChI is InChI=1S/C15H21N3O3/c1-9(2)8-17-14(16-11(4)15(17)19)12-6-5-10(3)13(7-12)18(20)21/h5-7,9,11,14,16H,8H2,1-4H3. The van der Waals surface area contributed by atoms with E-state index in [2.05, 4.69) is 5.32 Å². The largest absolute Gasteiger partial charge is 0.321 e. The van der Waals surface area contributed by atoms with E-state index in [1.54, 1.807) is 24.0 Å². The van der Waals surface area contributed by atoms with Gasteiger partial charge in [-0.15, -0.1) is 0 Å². The van der Waals surface area contributed by atoms with Gasteiger partial charge in [0.05, 0.1) is 11.0 Å². The van der Waals surface area contributed by atoms with E-state index in [1.807, 2.05) is 26.8 Å². The highest BCUT2D eigenvalue weighted by molar-refractivity contribution is 5.84. The minimum atomic E-state index is -0.383. The second-order valence-corrected chi connectivity index (χ2v) is 5.98. The van der Waals surface area contributed by atoms with Crippen molar-refractivity contribution in [3.8, 4) is 0 Å². The molecule has 21 heavy (non-hydrogen) atoms. The molecule has 0 saturated carbocycles. The quantitative estimate of drug-likeness (QED) is 0.682. The zero-order valence-corrected chi connectivity index (χ0v) is 12.8. The number of nitro benzene ring substituents is 1. The summed E-state index contributed by atoms with van der Waals surface area (Å²) in [7, 11) is 0. The van der Waals surface area contributed by atoms with Crippen molar-refractivity contribution in [1.82, 2.24) is 10.2 Å². The zero-order valence-electron chi connectivity index (χ0n) is 12.8. The first kappa shape index (κ1) is 15.4. The average molecular weight is 291 g/mol. The second-order valence-electron chi connectivity index (χ2n) is 5.98. The molecule has 1 fully saturated rings. The molecule has 0 spiro atoms. The van der Waals surface area contributed by atoms with Gasteiger partial charge in [0, 0.05) is 18.2 Å². The maximum Gasteiger partial charge on any atom is 0.272 e. The molecule has 2 unspecified atom stereocenters. The molecule has 1 aliphatic rings. The Kier molecular flexibility index (Phi) is 4.27. The highest BCUT2D eigenvalue weighted by atomic mass is 16.6. The highest BCUT2D eigenvalue weighted by Crippen LogP contribution is 2.29. The van der Waals surface area contributed by atoms with Crippen LogP contribution in [0.25, 0.3) is 0 Å². The summed E-state index contributed by atoms with van der Waals surface area (Å²) in [6, 6.07) is 4.87. The number of carbonyl (C=O) groups excluding carboxylic acids is 1. The fourth-order valence-electron chi connectivity index (χ4n) is 2.63. The van der Waals surface area contributed by atoms with Gasteiger partial charge in [-0.25, -0.2) is 0 Å². The van der Waals surface area contributed by atoms with Gasteiger partial charge in [0.15, 0.2) is 0 Å². The summed E-state index contributed by atoms with van der Waals surface area (Å²) in [5.74, 6) is 0.376. The van der Waals surface area contributed by atoms with Crippen LogP contribution in [0.2, 0.25) is 0 Å². The lowest BCUT2D eigenvalue weighted by Crippen LogP contribution is -2.33.